The number of nitrogens with zero attached hydrogens (tertiary/aromatic N) is 5. The van der Waals surface area contributed by atoms with Gasteiger partial charge in [0.2, 0.25) is 0 Å². The molecule has 1 fully saturated rings. The van der Waals surface area contributed by atoms with E-state index in [4.69, 9.17) is 4.74 Å². The molecule has 2 atom stereocenters. The molecule has 1 aliphatic rings. The van der Waals surface area contributed by atoms with Crippen molar-refractivity contribution in [3.63, 3.8) is 0 Å². The Labute approximate surface area is 233 Å². The molecule has 8 nitrogen and oxygen atoms in total. The molecule has 0 spiro atoms. The van der Waals surface area contributed by atoms with Crippen molar-refractivity contribution >= 4 is 11.6 Å². The summed E-state index contributed by atoms with van der Waals surface area (Å²) < 4.78 is 62.1. The number of benzene rings is 2. The molecule has 5 rings (SSSR count). The highest BCUT2D eigenvalue weighted by Crippen LogP contribution is 2.37. The van der Waals surface area contributed by atoms with Crippen LogP contribution in [0.25, 0.3) is 16.9 Å². The van der Waals surface area contributed by atoms with Crippen molar-refractivity contribution in [3.8, 4) is 17.0 Å². The van der Waals surface area contributed by atoms with Crippen LogP contribution in [0.15, 0.2) is 54.7 Å². The Kier molecular flexibility index (Phi) is 7.71. The summed E-state index contributed by atoms with van der Waals surface area (Å²) >= 11 is 0. The monoisotopic (exact) mass is 571 g/mol. The number of aromatic nitrogens is 3. The summed E-state index contributed by atoms with van der Waals surface area (Å²) in [7, 11) is 1.49. The van der Waals surface area contributed by atoms with Gasteiger partial charge in [0, 0.05) is 36.8 Å². The molecule has 2 aromatic heterocycles. The van der Waals surface area contributed by atoms with Crippen LogP contribution < -0.4 is 4.74 Å². The molecule has 0 saturated carbocycles. The number of amides is 1. The zero-order valence-electron chi connectivity index (χ0n) is 22.7. The molecular formula is C29H29F4N5O3. The second-order valence-corrected chi connectivity index (χ2v) is 10.0. The van der Waals surface area contributed by atoms with Gasteiger partial charge in [-0.3, -0.25) is 9.69 Å². The Balaban J connectivity index is 1.48. The van der Waals surface area contributed by atoms with Gasteiger partial charge in [-0.15, -0.1) is 0 Å². The summed E-state index contributed by atoms with van der Waals surface area (Å²) in [6.07, 6.45) is -3.62. The first kappa shape index (κ1) is 28.5. The van der Waals surface area contributed by atoms with E-state index in [0.717, 1.165) is 11.8 Å². The molecule has 12 heteroatoms. The predicted octanol–water partition coefficient (Wildman–Crippen LogP) is 4.75. The second kappa shape index (κ2) is 11.1. The summed E-state index contributed by atoms with van der Waals surface area (Å²) in [5.74, 6) is -0.324. The van der Waals surface area contributed by atoms with Gasteiger partial charge in [0.15, 0.2) is 11.3 Å². The second-order valence-electron chi connectivity index (χ2n) is 10.0. The molecule has 4 aromatic rings. The Morgan fingerprint density at radius 1 is 1.12 bits per heavy atom. The van der Waals surface area contributed by atoms with Crippen molar-refractivity contribution in [2.75, 3.05) is 33.4 Å². The number of aliphatic hydroxyl groups is 1. The number of ether oxygens (including phenoxy) is 1. The van der Waals surface area contributed by atoms with Crippen LogP contribution in [0.5, 0.6) is 5.75 Å². The maximum Gasteiger partial charge on any atom is 0.433 e. The zero-order valence-corrected chi connectivity index (χ0v) is 22.7. The smallest absolute Gasteiger partial charge is 0.433 e. The minimum atomic E-state index is -4.75. The largest absolute Gasteiger partial charge is 0.497 e. The van der Waals surface area contributed by atoms with Crippen LogP contribution in [-0.2, 0) is 6.18 Å². The van der Waals surface area contributed by atoms with Gasteiger partial charge in [-0.1, -0.05) is 12.1 Å². The van der Waals surface area contributed by atoms with Crippen molar-refractivity contribution in [2.24, 2.45) is 0 Å². The van der Waals surface area contributed by atoms with Crippen LogP contribution >= 0.6 is 0 Å². The molecule has 1 amide bonds. The normalized spacial score (nSPS) is 17.2. The van der Waals surface area contributed by atoms with Gasteiger partial charge in [0.05, 0.1) is 31.6 Å². The van der Waals surface area contributed by atoms with Gasteiger partial charge in [0.1, 0.15) is 17.1 Å². The molecule has 0 radical (unpaired) electrons. The van der Waals surface area contributed by atoms with Crippen LogP contribution in [0.4, 0.5) is 17.6 Å². The lowest BCUT2D eigenvalue weighted by atomic mass is 10.0. The highest BCUT2D eigenvalue weighted by atomic mass is 19.4. The number of piperazine rings is 1. The lowest BCUT2D eigenvalue weighted by molar-refractivity contribution is -0.143. The third kappa shape index (κ3) is 5.36. The van der Waals surface area contributed by atoms with Crippen LogP contribution in [0.3, 0.4) is 0 Å². The van der Waals surface area contributed by atoms with Crippen molar-refractivity contribution in [3.05, 3.63) is 82.9 Å². The van der Waals surface area contributed by atoms with Crippen LogP contribution in [-0.4, -0.2) is 74.8 Å². The average molecular weight is 572 g/mol. The fourth-order valence-corrected chi connectivity index (χ4v) is 5.43. The minimum absolute atomic E-state index is 0.0391. The highest BCUT2D eigenvalue weighted by Gasteiger charge is 2.39. The van der Waals surface area contributed by atoms with Gasteiger partial charge in [-0.05, 0) is 55.8 Å². The SMILES string of the molecule is COc1ccc(-c2nc3c(C(=O)N4CCN([C@@H](CO)c5ccc(F)cc5)C[C@H]4C)cnn3c(C(F)(F)F)c2C)cc1. The number of hydrogen-bond donors (Lipinski definition) is 1. The zero-order chi connectivity index (χ0) is 29.5. The molecule has 1 saturated heterocycles. The number of rotatable bonds is 6. The van der Waals surface area contributed by atoms with E-state index in [1.165, 1.54) is 26.2 Å². The highest BCUT2D eigenvalue weighted by molar-refractivity contribution is 6.00. The third-order valence-corrected chi connectivity index (χ3v) is 7.53. The van der Waals surface area contributed by atoms with Gasteiger partial charge in [-0.2, -0.15) is 18.3 Å². The van der Waals surface area contributed by atoms with Gasteiger partial charge in [0.25, 0.3) is 5.91 Å². The van der Waals surface area contributed by atoms with Crippen molar-refractivity contribution in [2.45, 2.75) is 32.1 Å². The molecule has 0 bridgehead atoms. The number of methoxy groups -OCH3 is 1. The summed E-state index contributed by atoms with van der Waals surface area (Å²) in [5, 5.41) is 14.0. The number of alkyl halides is 3. The summed E-state index contributed by atoms with van der Waals surface area (Å²) in [6, 6.07) is 11.6. The van der Waals surface area contributed by atoms with Crippen molar-refractivity contribution in [1.82, 2.24) is 24.4 Å². The summed E-state index contributed by atoms with van der Waals surface area (Å²) in [5.41, 5.74) is -0.0753. The predicted molar refractivity (Wildman–Crippen MR) is 143 cm³/mol. The van der Waals surface area contributed by atoms with Gasteiger partial charge >= 0.3 is 6.18 Å². The van der Waals surface area contributed by atoms with Gasteiger partial charge < -0.3 is 14.7 Å². The average Bonchev–Trinajstić information content (AvgIpc) is 3.36. The molecule has 41 heavy (non-hydrogen) atoms. The lowest BCUT2D eigenvalue weighted by Gasteiger charge is -2.43. The quantitative estimate of drug-likeness (QED) is 0.337. The standard InChI is InChI=1S/C29H29F4N5O3/c1-17-15-36(24(16-39)19-4-8-21(30)9-5-19)12-13-37(17)28(40)23-14-34-38-26(29(31,32)33)18(2)25(35-27(23)38)20-6-10-22(41-3)11-7-20/h4-11,14,17,24,39H,12-13,15-16H2,1-3H3/t17-,24+/m1/s1. The molecule has 0 unspecified atom stereocenters. The Morgan fingerprint density at radius 3 is 2.39 bits per heavy atom. The molecule has 216 valence electrons. The van der Waals surface area contributed by atoms with E-state index >= 15 is 0 Å². The van der Waals surface area contributed by atoms with E-state index in [1.807, 2.05) is 11.8 Å². The molecule has 1 N–H and O–H groups in total. The Bertz CT molecular complexity index is 1550. The Morgan fingerprint density at radius 2 is 1.80 bits per heavy atom. The molecule has 2 aromatic carbocycles. The number of fused-ring (bicyclic) bond motifs is 1. The van der Waals surface area contributed by atoms with E-state index in [1.54, 1.807) is 41.3 Å². The maximum absolute atomic E-state index is 14.3. The van der Waals surface area contributed by atoms with E-state index < -0.39 is 23.8 Å². The number of carbonyl (C=O) groups is 1. The van der Waals surface area contributed by atoms with Crippen molar-refractivity contribution < 1.29 is 32.2 Å². The molecule has 3 heterocycles. The maximum atomic E-state index is 14.3. The lowest BCUT2D eigenvalue weighted by Crippen LogP contribution is -2.55. The minimum Gasteiger partial charge on any atom is -0.497 e. The first-order chi connectivity index (χ1) is 19.5. The Hall–Kier alpha value is -4.03. The topological polar surface area (TPSA) is 83.2 Å². The number of hydrogen-bond acceptors (Lipinski definition) is 6. The summed E-state index contributed by atoms with van der Waals surface area (Å²) in [4.78, 5) is 21.8. The van der Waals surface area contributed by atoms with Crippen LogP contribution in [0.1, 0.15) is 40.1 Å². The molecular weight excluding hydrogens is 542 g/mol. The van der Waals surface area contributed by atoms with Crippen molar-refractivity contribution in [1.29, 1.82) is 0 Å². The van der Waals surface area contributed by atoms with E-state index in [0.29, 0.717) is 28.9 Å². The number of aliphatic hydroxyl groups excluding tert-OH is 1. The molecule has 1 aliphatic heterocycles. The number of carbonyl (C=O) groups excluding carboxylic acids is 1. The fraction of sp³-hybridized carbons (Fsp3) is 0.345. The third-order valence-electron chi connectivity index (χ3n) is 7.53. The van der Waals surface area contributed by atoms with Crippen LogP contribution in [0, 0.1) is 12.7 Å². The first-order valence-corrected chi connectivity index (χ1v) is 13.0. The van der Waals surface area contributed by atoms with E-state index in [2.05, 4.69) is 10.1 Å². The summed E-state index contributed by atoms with van der Waals surface area (Å²) in [6.45, 7) is 4.02. The number of halogens is 4. The first-order valence-electron chi connectivity index (χ1n) is 13.0. The molecule has 0 aliphatic carbocycles. The van der Waals surface area contributed by atoms with E-state index in [-0.39, 0.29) is 47.5 Å². The van der Waals surface area contributed by atoms with E-state index in [9.17, 15) is 27.5 Å². The van der Waals surface area contributed by atoms with Gasteiger partial charge in [-0.25, -0.2) is 13.9 Å². The fourth-order valence-electron chi connectivity index (χ4n) is 5.43. The van der Waals surface area contributed by atoms with Crippen LogP contribution in [0.2, 0.25) is 0 Å².